The van der Waals surface area contributed by atoms with E-state index in [1.807, 2.05) is 29.3 Å². The van der Waals surface area contributed by atoms with Gasteiger partial charge in [0.1, 0.15) is 0 Å². The SMILES string of the molecule is Cn1cc(-c2ccc(CNCC3CCc4ccccc43)s2)cn1. The fraction of sp³-hybridized carbons (Fsp3) is 0.316. The van der Waals surface area contributed by atoms with E-state index in [9.17, 15) is 0 Å². The number of hydrogen-bond acceptors (Lipinski definition) is 3. The van der Waals surface area contributed by atoms with Gasteiger partial charge < -0.3 is 5.32 Å². The van der Waals surface area contributed by atoms with Gasteiger partial charge in [0.05, 0.1) is 6.20 Å². The number of aryl methyl sites for hydroxylation is 2. The molecule has 0 bridgehead atoms. The minimum atomic E-state index is 0.670. The summed E-state index contributed by atoms with van der Waals surface area (Å²) in [5, 5.41) is 7.89. The number of thiophene rings is 1. The van der Waals surface area contributed by atoms with Crippen LogP contribution in [-0.4, -0.2) is 16.3 Å². The third kappa shape index (κ3) is 3.09. The second-order valence-electron chi connectivity index (χ2n) is 6.23. The third-order valence-electron chi connectivity index (χ3n) is 4.60. The molecule has 4 heteroatoms. The second kappa shape index (κ2) is 6.30. The molecule has 0 radical (unpaired) electrons. The normalized spacial score (nSPS) is 16.7. The van der Waals surface area contributed by atoms with E-state index in [4.69, 9.17) is 0 Å². The number of fused-ring (bicyclic) bond motifs is 1. The quantitative estimate of drug-likeness (QED) is 0.770. The molecule has 2 heterocycles. The fourth-order valence-corrected chi connectivity index (χ4v) is 4.36. The lowest BCUT2D eigenvalue weighted by atomic mass is 10.0. The molecule has 4 rings (SSSR count). The summed E-state index contributed by atoms with van der Waals surface area (Å²) in [4.78, 5) is 2.68. The van der Waals surface area contributed by atoms with Crippen molar-refractivity contribution >= 4 is 11.3 Å². The van der Waals surface area contributed by atoms with E-state index < -0.39 is 0 Å². The van der Waals surface area contributed by atoms with Gasteiger partial charge in [-0.15, -0.1) is 11.3 Å². The van der Waals surface area contributed by atoms with Gasteiger partial charge in [0.2, 0.25) is 0 Å². The highest BCUT2D eigenvalue weighted by Crippen LogP contribution is 2.32. The lowest BCUT2D eigenvalue weighted by Gasteiger charge is -2.12. The van der Waals surface area contributed by atoms with Gasteiger partial charge in [-0.2, -0.15) is 5.10 Å². The fourth-order valence-electron chi connectivity index (χ4n) is 3.40. The van der Waals surface area contributed by atoms with Gasteiger partial charge in [-0.1, -0.05) is 24.3 Å². The number of rotatable bonds is 5. The monoisotopic (exact) mass is 323 g/mol. The van der Waals surface area contributed by atoms with Crippen molar-refractivity contribution < 1.29 is 0 Å². The molecule has 3 nitrogen and oxygen atoms in total. The van der Waals surface area contributed by atoms with E-state index >= 15 is 0 Å². The second-order valence-corrected chi connectivity index (χ2v) is 7.40. The molecule has 0 fully saturated rings. The van der Waals surface area contributed by atoms with Crippen LogP contribution in [0.3, 0.4) is 0 Å². The van der Waals surface area contributed by atoms with E-state index in [0.717, 1.165) is 13.1 Å². The van der Waals surface area contributed by atoms with Crippen LogP contribution in [0.5, 0.6) is 0 Å². The Morgan fingerprint density at radius 2 is 2.17 bits per heavy atom. The standard InChI is InChI=1S/C19H21N3S/c1-22-13-16(11-21-22)19-9-8-17(23-19)12-20-10-15-7-6-14-4-2-3-5-18(14)15/h2-5,8-9,11,13,15,20H,6-7,10,12H2,1H3. The minimum absolute atomic E-state index is 0.670. The molecule has 3 aromatic rings. The summed E-state index contributed by atoms with van der Waals surface area (Å²) in [6.45, 7) is 2.01. The molecule has 0 saturated heterocycles. The van der Waals surface area contributed by atoms with Crippen LogP contribution < -0.4 is 5.32 Å². The Balaban J connectivity index is 1.35. The lowest BCUT2D eigenvalue weighted by molar-refractivity contribution is 0.581. The van der Waals surface area contributed by atoms with Gasteiger partial charge in [0.25, 0.3) is 0 Å². The van der Waals surface area contributed by atoms with Crippen molar-refractivity contribution in [1.29, 1.82) is 0 Å². The Kier molecular flexibility index (Phi) is 4.02. The number of aromatic nitrogens is 2. The molecular weight excluding hydrogens is 302 g/mol. The molecule has 2 aromatic heterocycles. The molecular formula is C19H21N3S. The predicted octanol–water partition coefficient (Wildman–Crippen LogP) is 3.97. The van der Waals surface area contributed by atoms with Crippen molar-refractivity contribution in [2.45, 2.75) is 25.3 Å². The van der Waals surface area contributed by atoms with Gasteiger partial charge in [0, 0.05) is 41.7 Å². The Morgan fingerprint density at radius 3 is 3.04 bits per heavy atom. The number of nitrogens with one attached hydrogen (secondary N) is 1. The van der Waals surface area contributed by atoms with Crippen molar-refractivity contribution in [1.82, 2.24) is 15.1 Å². The maximum absolute atomic E-state index is 4.25. The van der Waals surface area contributed by atoms with Crippen LogP contribution in [-0.2, 0) is 20.0 Å². The topological polar surface area (TPSA) is 29.9 Å². The first-order valence-electron chi connectivity index (χ1n) is 8.16. The molecule has 0 spiro atoms. The molecule has 23 heavy (non-hydrogen) atoms. The maximum atomic E-state index is 4.25. The van der Waals surface area contributed by atoms with Crippen molar-refractivity contribution in [3.63, 3.8) is 0 Å². The first-order valence-corrected chi connectivity index (χ1v) is 8.97. The molecule has 1 aliphatic rings. The summed E-state index contributed by atoms with van der Waals surface area (Å²) < 4.78 is 1.85. The molecule has 118 valence electrons. The van der Waals surface area contributed by atoms with Crippen LogP contribution in [0.25, 0.3) is 10.4 Å². The summed E-state index contributed by atoms with van der Waals surface area (Å²) in [5.74, 6) is 0.670. The van der Waals surface area contributed by atoms with Gasteiger partial charge in [0.15, 0.2) is 0 Å². The summed E-state index contributed by atoms with van der Waals surface area (Å²) >= 11 is 1.85. The number of hydrogen-bond donors (Lipinski definition) is 1. The largest absolute Gasteiger partial charge is 0.311 e. The zero-order chi connectivity index (χ0) is 15.6. The van der Waals surface area contributed by atoms with E-state index in [-0.39, 0.29) is 0 Å². The molecule has 1 aliphatic carbocycles. The zero-order valence-electron chi connectivity index (χ0n) is 13.3. The maximum Gasteiger partial charge on any atom is 0.0576 e. The van der Waals surface area contributed by atoms with E-state index in [1.54, 1.807) is 5.56 Å². The molecule has 0 saturated carbocycles. The summed E-state index contributed by atoms with van der Waals surface area (Å²) in [6, 6.07) is 13.3. The average molecular weight is 323 g/mol. The van der Waals surface area contributed by atoms with Crippen LogP contribution >= 0.6 is 11.3 Å². The third-order valence-corrected chi connectivity index (χ3v) is 5.73. The first kappa shape index (κ1) is 14.7. The van der Waals surface area contributed by atoms with E-state index in [0.29, 0.717) is 5.92 Å². The summed E-state index contributed by atoms with van der Waals surface area (Å²) in [5.41, 5.74) is 4.28. The zero-order valence-corrected chi connectivity index (χ0v) is 14.1. The summed E-state index contributed by atoms with van der Waals surface area (Å²) in [7, 11) is 1.96. The van der Waals surface area contributed by atoms with Crippen molar-refractivity contribution in [2.24, 2.45) is 7.05 Å². The minimum Gasteiger partial charge on any atom is -0.311 e. The van der Waals surface area contributed by atoms with Crippen LogP contribution in [0.1, 0.15) is 28.3 Å². The highest BCUT2D eigenvalue weighted by Gasteiger charge is 2.21. The molecule has 1 atom stereocenters. The smallest absolute Gasteiger partial charge is 0.0576 e. The van der Waals surface area contributed by atoms with Gasteiger partial charge in [-0.3, -0.25) is 4.68 Å². The van der Waals surface area contributed by atoms with Crippen molar-refractivity contribution in [2.75, 3.05) is 6.54 Å². The van der Waals surface area contributed by atoms with Crippen LogP contribution in [0.15, 0.2) is 48.8 Å². The van der Waals surface area contributed by atoms with E-state index in [1.165, 1.54) is 33.7 Å². The first-order chi connectivity index (χ1) is 11.3. The lowest BCUT2D eigenvalue weighted by Crippen LogP contribution is -2.19. The average Bonchev–Trinajstić information content (AvgIpc) is 3.27. The molecule has 0 amide bonds. The Morgan fingerprint density at radius 1 is 1.26 bits per heavy atom. The van der Waals surface area contributed by atoms with Gasteiger partial charge in [-0.05, 0) is 42.0 Å². The van der Waals surface area contributed by atoms with Crippen LogP contribution in [0.2, 0.25) is 0 Å². The highest BCUT2D eigenvalue weighted by molar-refractivity contribution is 7.15. The number of nitrogens with zero attached hydrogens (tertiary/aromatic N) is 2. The Hall–Kier alpha value is -1.91. The number of benzene rings is 1. The molecule has 1 unspecified atom stereocenters. The molecule has 1 aromatic carbocycles. The van der Waals surface area contributed by atoms with Crippen LogP contribution in [0.4, 0.5) is 0 Å². The van der Waals surface area contributed by atoms with Crippen molar-refractivity contribution in [3.05, 3.63) is 64.8 Å². The van der Waals surface area contributed by atoms with Crippen LogP contribution in [0, 0.1) is 0 Å². The molecule has 0 aliphatic heterocycles. The predicted molar refractivity (Wildman–Crippen MR) is 95.7 cm³/mol. The Labute approximate surface area is 141 Å². The summed E-state index contributed by atoms with van der Waals surface area (Å²) in [6.07, 6.45) is 6.50. The van der Waals surface area contributed by atoms with Crippen molar-refractivity contribution in [3.8, 4) is 10.4 Å². The van der Waals surface area contributed by atoms with Gasteiger partial charge in [-0.25, -0.2) is 0 Å². The highest BCUT2D eigenvalue weighted by atomic mass is 32.1. The van der Waals surface area contributed by atoms with E-state index in [2.05, 4.69) is 53.0 Å². The molecule has 1 N–H and O–H groups in total. The Bertz CT molecular complexity index is 802. The van der Waals surface area contributed by atoms with Gasteiger partial charge >= 0.3 is 0 Å².